The van der Waals surface area contributed by atoms with Crippen molar-refractivity contribution in [1.29, 1.82) is 0 Å². The molecule has 1 N–H and O–H groups in total. The van der Waals surface area contributed by atoms with E-state index in [1.54, 1.807) is 24.5 Å². The first-order valence-electron chi connectivity index (χ1n) is 7.42. The van der Waals surface area contributed by atoms with Gasteiger partial charge in [-0.25, -0.2) is 0 Å². The molecule has 1 atom stereocenters. The lowest BCUT2D eigenvalue weighted by molar-refractivity contribution is 0.0935. The summed E-state index contributed by atoms with van der Waals surface area (Å²) in [4.78, 5) is 16.2. The van der Waals surface area contributed by atoms with Crippen molar-refractivity contribution in [2.45, 2.75) is 39.2 Å². The number of amides is 1. The van der Waals surface area contributed by atoms with E-state index < -0.39 is 0 Å². The lowest BCUT2D eigenvalue weighted by atomic mass is 9.98. The van der Waals surface area contributed by atoms with E-state index in [4.69, 9.17) is 0 Å². The van der Waals surface area contributed by atoms with Gasteiger partial charge < -0.3 is 5.32 Å². The molecular formula is C18H22N2O. The quantitative estimate of drug-likeness (QED) is 0.897. The molecule has 0 radical (unpaired) electrons. The van der Waals surface area contributed by atoms with Crippen LogP contribution in [-0.4, -0.2) is 10.9 Å². The number of aromatic nitrogens is 1. The summed E-state index contributed by atoms with van der Waals surface area (Å²) in [6.45, 7) is 6.43. The molecule has 0 aliphatic carbocycles. The Hall–Kier alpha value is -2.16. The van der Waals surface area contributed by atoms with Crippen LogP contribution in [0.5, 0.6) is 0 Å². The largest absolute Gasteiger partial charge is 0.345 e. The minimum atomic E-state index is -0.0582. The Kier molecular flexibility index (Phi) is 5.09. The van der Waals surface area contributed by atoms with Gasteiger partial charge in [-0.15, -0.1) is 0 Å². The highest BCUT2D eigenvalue weighted by molar-refractivity contribution is 5.94. The molecule has 0 aliphatic rings. The lowest BCUT2D eigenvalue weighted by Gasteiger charge is -2.18. The molecule has 0 spiro atoms. The first-order valence-corrected chi connectivity index (χ1v) is 7.42. The monoisotopic (exact) mass is 282 g/mol. The molecule has 1 amide bonds. The molecule has 0 bridgehead atoms. The fraction of sp³-hybridized carbons (Fsp3) is 0.333. The standard InChI is InChI=1S/C18H22N2O/c1-4-17(15-7-5-14(6-8-15)13(2)3)20-18(21)16-9-11-19-12-10-16/h5-13,17H,4H2,1-3H3,(H,20,21). The van der Waals surface area contributed by atoms with Crippen molar-refractivity contribution in [3.63, 3.8) is 0 Å². The van der Waals surface area contributed by atoms with Crippen LogP contribution < -0.4 is 5.32 Å². The number of rotatable bonds is 5. The van der Waals surface area contributed by atoms with Gasteiger partial charge in [-0.2, -0.15) is 0 Å². The van der Waals surface area contributed by atoms with E-state index in [2.05, 4.69) is 55.3 Å². The number of nitrogens with one attached hydrogen (secondary N) is 1. The SMILES string of the molecule is CCC(NC(=O)c1ccncc1)c1ccc(C(C)C)cc1. The van der Waals surface area contributed by atoms with Gasteiger partial charge in [0, 0.05) is 18.0 Å². The first kappa shape index (κ1) is 15.2. The molecule has 21 heavy (non-hydrogen) atoms. The van der Waals surface area contributed by atoms with Crippen LogP contribution in [0.2, 0.25) is 0 Å². The third kappa shape index (κ3) is 3.91. The number of benzene rings is 1. The summed E-state index contributed by atoms with van der Waals surface area (Å²) in [6.07, 6.45) is 4.12. The molecule has 1 unspecified atom stereocenters. The van der Waals surface area contributed by atoms with Crippen molar-refractivity contribution >= 4 is 5.91 Å². The van der Waals surface area contributed by atoms with E-state index in [9.17, 15) is 4.79 Å². The van der Waals surface area contributed by atoms with Crippen molar-refractivity contribution < 1.29 is 4.79 Å². The third-order valence-corrected chi connectivity index (χ3v) is 3.66. The zero-order chi connectivity index (χ0) is 15.2. The average molecular weight is 282 g/mol. The van der Waals surface area contributed by atoms with Gasteiger partial charge in [-0.3, -0.25) is 9.78 Å². The number of hydrogen-bond acceptors (Lipinski definition) is 2. The topological polar surface area (TPSA) is 42.0 Å². The number of nitrogens with zero attached hydrogens (tertiary/aromatic N) is 1. The first-order chi connectivity index (χ1) is 10.1. The molecule has 1 aromatic carbocycles. The molecule has 2 aromatic rings. The summed E-state index contributed by atoms with van der Waals surface area (Å²) in [5.74, 6) is 0.461. The van der Waals surface area contributed by atoms with E-state index >= 15 is 0 Å². The predicted octanol–water partition coefficient (Wildman–Crippen LogP) is 4.09. The number of carbonyl (C=O) groups is 1. The van der Waals surface area contributed by atoms with Crippen LogP contribution in [0.15, 0.2) is 48.8 Å². The fourth-order valence-electron chi connectivity index (χ4n) is 2.28. The molecule has 0 saturated heterocycles. The Balaban J connectivity index is 2.11. The van der Waals surface area contributed by atoms with Crippen LogP contribution in [0, 0.1) is 0 Å². The maximum absolute atomic E-state index is 12.2. The van der Waals surface area contributed by atoms with Crippen molar-refractivity contribution in [1.82, 2.24) is 10.3 Å². The van der Waals surface area contributed by atoms with Crippen molar-refractivity contribution in [3.8, 4) is 0 Å². The van der Waals surface area contributed by atoms with Crippen molar-refractivity contribution in [3.05, 3.63) is 65.5 Å². The van der Waals surface area contributed by atoms with Crippen LogP contribution in [0.25, 0.3) is 0 Å². The molecule has 0 saturated carbocycles. The second-order valence-electron chi connectivity index (χ2n) is 5.49. The van der Waals surface area contributed by atoms with Gasteiger partial charge in [0.1, 0.15) is 0 Å². The zero-order valence-electron chi connectivity index (χ0n) is 12.8. The molecule has 110 valence electrons. The smallest absolute Gasteiger partial charge is 0.251 e. The van der Waals surface area contributed by atoms with Gasteiger partial charge >= 0.3 is 0 Å². The molecule has 0 fully saturated rings. The summed E-state index contributed by atoms with van der Waals surface area (Å²) < 4.78 is 0. The van der Waals surface area contributed by atoms with Gasteiger partial charge in [0.25, 0.3) is 5.91 Å². The highest BCUT2D eigenvalue weighted by atomic mass is 16.1. The normalized spacial score (nSPS) is 12.2. The maximum Gasteiger partial charge on any atom is 0.251 e. The Morgan fingerprint density at radius 1 is 1.05 bits per heavy atom. The minimum absolute atomic E-state index is 0.0341. The van der Waals surface area contributed by atoms with Gasteiger partial charge in [-0.05, 0) is 35.6 Å². The highest BCUT2D eigenvalue weighted by Gasteiger charge is 2.14. The van der Waals surface area contributed by atoms with Crippen LogP contribution in [-0.2, 0) is 0 Å². The summed E-state index contributed by atoms with van der Waals surface area (Å²) in [5.41, 5.74) is 3.10. The van der Waals surface area contributed by atoms with E-state index in [0.717, 1.165) is 12.0 Å². The number of carbonyl (C=O) groups excluding carboxylic acids is 1. The molecule has 0 aliphatic heterocycles. The van der Waals surface area contributed by atoms with E-state index in [1.165, 1.54) is 5.56 Å². The Bertz CT molecular complexity index is 576. The molecule has 3 heteroatoms. The zero-order valence-corrected chi connectivity index (χ0v) is 12.8. The van der Waals surface area contributed by atoms with Crippen molar-refractivity contribution in [2.75, 3.05) is 0 Å². The third-order valence-electron chi connectivity index (χ3n) is 3.66. The molecule has 3 nitrogen and oxygen atoms in total. The van der Waals surface area contributed by atoms with Crippen LogP contribution >= 0.6 is 0 Å². The van der Waals surface area contributed by atoms with Gasteiger partial charge in [0.2, 0.25) is 0 Å². The average Bonchev–Trinajstić information content (AvgIpc) is 2.53. The second kappa shape index (κ2) is 7.02. The summed E-state index contributed by atoms with van der Waals surface area (Å²) in [7, 11) is 0. The fourth-order valence-corrected chi connectivity index (χ4v) is 2.28. The maximum atomic E-state index is 12.2. The van der Waals surface area contributed by atoms with Gasteiger partial charge in [-0.1, -0.05) is 45.0 Å². The van der Waals surface area contributed by atoms with Crippen molar-refractivity contribution in [2.24, 2.45) is 0 Å². The number of pyridine rings is 1. The molecule has 1 heterocycles. The minimum Gasteiger partial charge on any atom is -0.345 e. The highest BCUT2D eigenvalue weighted by Crippen LogP contribution is 2.21. The summed E-state index contributed by atoms with van der Waals surface area (Å²) in [6, 6.07) is 12.0. The summed E-state index contributed by atoms with van der Waals surface area (Å²) >= 11 is 0. The Labute approximate surface area is 126 Å². The molecule has 2 rings (SSSR count). The van der Waals surface area contributed by atoms with E-state index in [1.807, 2.05) is 0 Å². The number of hydrogen-bond donors (Lipinski definition) is 1. The molecule has 1 aromatic heterocycles. The predicted molar refractivity (Wildman–Crippen MR) is 85.3 cm³/mol. The lowest BCUT2D eigenvalue weighted by Crippen LogP contribution is -2.28. The van der Waals surface area contributed by atoms with Crippen LogP contribution in [0.1, 0.15) is 60.6 Å². The van der Waals surface area contributed by atoms with E-state index in [0.29, 0.717) is 11.5 Å². The van der Waals surface area contributed by atoms with E-state index in [-0.39, 0.29) is 11.9 Å². The van der Waals surface area contributed by atoms with Gasteiger partial charge in [0.05, 0.1) is 6.04 Å². The van der Waals surface area contributed by atoms with Gasteiger partial charge in [0.15, 0.2) is 0 Å². The Morgan fingerprint density at radius 2 is 1.62 bits per heavy atom. The summed E-state index contributed by atoms with van der Waals surface area (Å²) in [5, 5.41) is 3.08. The van der Waals surface area contributed by atoms with Crippen LogP contribution in [0.4, 0.5) is 0 Å². The second-order valence-corrected chi connectivity index (χ2v) is 5.49. The Morgan fingerprint density at radius 3 is 2.14 bits per heavy atom. The molecular weight excluding hydrogens is 260 g/mol. The van der Waals surface area contributed by atoms with Crippen LogP contribution in [0.3, 0.4) is 0 Å².